The van der Waals surface area contributed by atoms with Gasteiger partial charge in [-0.3, -0.25) is 4.99 Å². The van der Waals surface area contributed by atoms with Crippen molar-refractivity contribution < 1.29 is 21.6 Å². The maximum absolute atomic E-state index is 12.7. The molecule has 0 radical (unpaired) electrons. The Balaban J connectivity index is 0.00000676. The average molecular weight is 521 g/mol. The summed E-state index contributed by atoms with van der Waals surface area (Å²) in [5, 5.41) is 6.05. The van der Waals surface area contributed by atoms with E-state index in [0.29, 0.717) is 24.5 Å². The lowest BCUT2D eigenvalue weighted by molar-refractivity contribution is -0.137. The molecule has 0 unspecified atom stereocenters. The maximum atomic E-state index is 12.7. The van der Waals surface area contributed by atoms with Crippen LogP contribution in [0.1, 0.15) is 31.4 Å². The first-order valence-electron chi connectivity index (χ1n) is 8.11. The zero-order chi connectivity index (χ0) is 20.0. The molecule has 0 bridgehead atoms. The molecule has 0 aliphatic carbocycles. The number of guanidine groups is 1. The van der Waals surface area contributed by atoms with Gasteiger partial charge in [-0.1, -0.05) is 26.0 Å². The standard InChI is InChI=1S/C17H26F3N3O2S.HI/c1-16(2,8-9-26(4,24)25)12-23-15(21-3)22-11-13-6-5-7-14(10-13)17(18,19)20;/h5-7,10H,8-9,11-12H2,1-4H3,(H2,21,22,23);1H. The number of nitrogens with one attached hydrogen (secondary N) is 2. The highest BCUT2D eigenvalue weighted by Gasteiger charge is 2.30. The first kappa shape index (κ1) is 26.0. The molecule has 1 rings (SSSR count). The lowest BCUT2D eigenvalue weighted by Crippen LogP contribution is -2.42. The molecule has 0 aliphatic rings. The van der Waals surface area contributed by atoms with Crippen molar-refractivity contribution in [2.45, 2.75) is 33.0 Å². The number of nitrogens with zero attached hydrogens (tertiary/aromatic N) is 1. The number of alkyl halides is 3. The van der Waals surface area contributed by atoms with E-state index < -0.39 is 21.6 Å². The van der Waals surface area contributed by atoms with E-state index in [0.717, 1.165) is 12.1 Å². The fraction of sp³-hybridized carbons (Fsp3) is 0.588. The van der Waals surface area contributed by atoms with Crippen LogP contribution >= 0.6 is 24.0 Å². The maximum Gasteiger partial charge on any atom is 0.416 e. The molecule has 0 aromatic heterocycles. The molecule has 0 fully saturated rings. The van der Waals surface area contributed by atoms with Crippen molar-refractivity contribution in [3.05, 3.63) is 35.4 Å². The largest absolute Gasteiger partial charge is 0.416 e. The van der Waals surface area contributed by atoms with E-state index in [-0.39, 0.29) is 41.7 Å². The van der Waals surface area contributed by atoms with Crippen LogP contribution in [0.2, 0.25) is 0 Å². The molecule has 0 amide bonds. The van der Waals surface area contributed by atoms with E-state index in [1.807, 2.05) is 13.8 Å². The topological polar surface area (TPSA) is 70.6 Å². The number of sulfone groups is 1. The fourth-order valence-corrected chi connectivity index (χ4v) is 3.06. The highest BCUT2D eigenvalue weighted by Crippen LogP contribution is 2.29. The van der Waals surface area contributed by atoms with Crippen LogP contribution in [-0.4, -0.2) is 40.0 Å². The van der Waals surface area contributed by atoms with Crippen LogP contribution in [0.5, 0.6) is 0 Å². The first-order valence-corrected chi connectivity index (χ1v) is 10.2. The Kier molecular flexibility index (Phi) is 10.1. The molecule has 0 spiro atoms. The van der Waals surface area contributed by atoms with Crippen molar-refractivity contribution in [3.63, 3.8) is 0 Å². The van der Waals surface area contributed by atoms with Gasteiger partial charge in [0.25, 0.3) is 0 Å². The number of hydrogen-bond acceptors (Lipinski definition) is 3. The molecular weight excluding hydrogens is 494 g/mol. The lowest BCUT2D eigenvalue weighted by atomic mass is 9.90. The van der Waals surface area contributed by atoms with Gasteiger partial charge < -0.3 is 10.6 Å². The van der Waals surface area contributed by atoms with Crippen LogP contribution in [0.4, 0.5) is 13.2 Å². The molecule has 1 aromatic rings. The Morgan fingerprint density at radius 2 is 1.81 bits per heavy atom. The van der Waals surface area contributed by atoms with Gasteiger partial charge >= 0.3 is 6.18 Å². The summed E-state index contributed by atoms with van der Waals surface area (Å²) in [5.41, 5.74) is -0.488. The van der Waals surface area contributed by atoms with Crippen molar-refractivity contribution in [1.29, 1.82) is 0 Å². The third kappa shape index (κ3) is 10.8. The molecule has 156 valence electrons. The van der Waals surface area contributed by atoms with Crippen LogP contribution in [0, 0.1) is 5.41 Å². The van der Waals surface area contributed by atoms with Crippen LogP contribution in [-0.2, 0) is 22.6 Å². The minimum Gasteiger partial charge on any atom is -0.356 e. The molecule has 0 aliphatic heterocycles. The van der Waals surface area contributed by atoms with Gasteiger partial charge in [0, 0.05) is 26.4 Å². The molecular formula is C17H27F3IN3O2S. The number of benzene rings is 1. The minimum absolute atomic E-state index is 0. The van der Waals surface area contributed by atoms with E-state index in [4.69, 9.17) is 0 Å². The molecule has 5 nitrogen and oxygen atoms in total. The molecule has 1 aromatic carbocycles. The Morgan fingerprint density at radius 3 is 2.33 bits per heavy atom. The Labute approximate surface area is 176 Å². The Morgan fingerprint density at radius 1 is 1.19 bits per heavy atom. The summed E-state index contributed by atoms with van der Waals surface area (Å²) in [5.74, 6) is 0.535. The quantitative estimate of drug-likeness (QED) is 0.328. The van der Waals surface area contributed by atoms with Crippen molar-refractivity contribution in [1.82, 2.24) is 10.6 Å². The van der Waals surface area contributed by atoms with Gasteiger partial charge in [0.1, 0.15) is 9.84 Å². The van der Waals surface area contributed by atoms with Crippen molar-refractivity contribution in [3.8, 4) is 0 Å². The van der Waals surface area contributed by atoms with Crippen molar-refractivity contribution in [2.75, 3.05) is 25.6 Å². The van der Waals surface area contributed by atoms with Gasteiger partial charge in [0.15, 0.2) is 5.96 Å². The molecule has 0 saturated carbocycles. The Bertz CT molecular complexity index is 735. The normalized spacial score (nSPS) is 13.1. The highest BCUT2D eigenvalue weighted by atomic mass is 127. The first-order chi connectivity index (χ1) is 11.8. The van der Waals surface area contributed by atoms with Gasteiger partial charge in [-0.05, 0) is 29.5 Å². The van der Waals surface area contributed by atoms with E-state index in [9.17, 15) is 21.6 Å². The zero-order valence-corrected chi connectivity index (χ0v) is 19.0. The monoisotopic (exact) mass is 521 g/mol. The van der Waals surface area contributed by atoms with Crippen molar-refractivity contribution in [2.24, 2.45) is 10.4 Å². The van der Waals surface area contributed by atoms with E-state index in [1.165, 1.54) is 12.3 Å². The van der Waals surface area contributed by atoms with Crippen LogP contribution in [0.15, 0.2) is 29.3 Å². The van der Waals surface area contributed by atoms with E-state index in [2.05, 4.69) is 15.6 Å². The predicted molar refractivity (Wildman–Crippen MR) is 113 cm³/mol. The third-order valence-corrected chi connectivity index (χ3v) is 4.77. The third-order valence-electron chi connectivity index (χ3n) is 3.82. The second-order valence-corrected chi connectivity index (χ2v) is 9.28. The lowest BCUT2D eigenvalue weighted by Gasteiger charge is -2.25. The minimum atomic E-state index is -4.38. The summed E-state index contributed by atoms with van der Waals surface area (Å²) < 4.78 is 60.8. The molecule has 2 N–H and O–H groups in total. The summed E-state index contributed by atoms with van der Waals surface area (Å²) in [6.07, 6.45) is -2.69. The molecule has 0 saturated heterocycles. The zero-order valence-electron chi connectivity index (χ0n) is 15.9. The van der Waals surface area contributed by atoms with Crippen LogP contribution < -0.4 is 10.6 Å². The Hall–Kier alpha value is -1.04. The number of halogens is 4. The summed E-state index contributed by atoms with van der Waals surface area (Å²) in [6, 6.07) is 5.09. The smallest absolute Gasteiger partial charge is 0.356 e. The van der Waals surface area contributed by atoms with Crippen LogP contribution in [0.25, 0.3) is 0 Å². The summed E-state index contributed by atoms with van der Waals surface area (Å²) >= 11 is 0. The number of aliphatic imine (C=N–C) groups is 1. The van der Waals surface area contributed by atoms with Gasteiger partial charge in [0.2, 0.25) is 0 Å². The van der Waals surface area contributed by atoms with Crippen LogP contribution in [0.3, 0.4) is 0 Å². The van der Waals surface area contributed by atoms with Gasteiger partial charge in [0.05, 0.1) is 11.3 Å². The predicted octanol–water partition coefficient (Wildman–Crippen LogP) is 3.45. The summed E-state index contributed by atoms with van der Waals surface area (Å²) in [4.78, 5) is 4.04. The molecule has 27 heavy (non-hydrogen) atoms. The second kappa shape index (κ2) is 10.5. The van der Waals surface area contributed by atoms with E-state index in [1.54, 1.807) is 13.1 Å². The van der Waals surface area contributed by atoms with Gasteiger partial charge in [-0.15, -0.1) is 24.0 Å². The second-order valence-electron chi connectivity index (χ2n) is 7.02. The van der Waals surface area contributed by atoms with Gasteiger partial charge in [-0.2, -0.15) is 13.2 Å². The molecule has 0 atom stereocenters. The molecule has 10 heteroatoms. The summed E-state index contributed by atoms with van der Waals surface area (Å²) in [7, 11) is -1.47. The average Bonchev–Trinajstić information content (AvgIpc) is 2.52. The SMILES string of the molecule is CN=C(NCc1cccc(C(F)(F)F)c1)NCC(C)(C)CCS(C)(=O)=O.I. The van der Waals surface area contributed by atoms with Crippen molar-refractivity contribution >= 4 is 39.8 Å². The number of rotatable bonds is 7. The number of hydrogen-bond donors (Lipinski definition) is 2. The fourth-order valence-electron chi connectivity index (χ4n) is 2.14. The van der Waals surface area contributed by atoms with Gasteiger partial charge in [-0.25, -0.2) is 8.42 Å². The van der Waals surface area contributed by atoms with E-state index >= 15 is 0 Å². The summed E-state index contributed by atoms with van der Waals surface area (Å²) in [6.45, 7) is 4.54. The molecule has 0 heterocycles. The highest BCUT2D eigenvalue weighted by molar-refractivity contribution is 14.0.